The first-order valence-electron chi connectivity index (χ1n) is 9.53. The summed E-state index contributed by atoms with van der Waals surface area (Å²) >= 11 is 0.716. The van der Waals surface area contributed by atoms with Crippen LogP contribution in [0.3, 0.4) is 0 Å². The molecule has 2 aromatic rings. The van der Waals surface area contributed by atoms with Gasteiger partial charge in [-0.2, -0.15) is 0 Å². The Labute approximate surface area is 181 Å². The Balaban J connectivity index is 1.62. The molecule has 1 aliphatic heterocycles. The Morgan fingerprint density at radius 2 is 2.00 bits per heavy atom. The van der Waals surface area contributed by atoms with E-state index in [4.69, 9.17) is 9.47 Å². The maximum Gasteiger partial charge on any atom is 0.415 e. The van der Waals surface area contributed by atoms with Crippen LogP contribution in [0.15, 0.2) is 30.5 Å². The van der Waals surface area contributed by atoms with Gasteiger partial charge < -0.3 is 14.4 Å². The molecule has 11 nitrogen and oxygen atoms in total. The summed E-state index contributed by atoms with van der Waals surface area (Å²) in [6.07, 6.45) is 1.36. The predicted molar refractivity (Wildman–Crippen MR) is 110 cm³/mol. The van der Waals surface area contributed by atoms with Crippen LogP contribution in [0.4, 0.5) is 14.9 Å². The van der Waals surface area contributed by atoms with Crippen LogP contribution in [0.25, 0.3) is 0 Å². The molecule has 1 saturated heterocycles. The minimum Gasteiger partial charge on any atom is -0.466 e. The quantitative estimate of drug-likeness (QED) is 0.404. The summed E-state index contributed by atoms with van der Waals surface area (Å²) in [5, 5.41) is 13.1. The van der Waals surface area contributed by atoms with Crippen molar-refractivity contribution in [3.8, 4) is 5.75 Å². The number of benzene rings is 1. The average Bonchev–Trinajstić information content (AvgIpc) is 3.23. The fraction of sp³-hybridized carbons (Fsp3) is 0.368. The number of esters is 1. The molecule has 0 aliphatic carbocycles. The normalized spacial score (nSPS) is 14.0. The second-order valence-corrected chi connectivity index (χ2v) is 7.60. The molecule has 2 heterocycles. The highest BCUT2D eigenvalue weighted by Crippen LogP contribution is 2.27. The van der Waals surface area contributed by atoms with E-state index in [1.54, 1.807) is 19.1 Å². The summed E-state index contributed by atoms with van der Waals surface area (Å²) < 4.78 is 10.4. The number of amides is 2. The first-order valence-corrected chi connectivity index (χ1v) is 10.3. The Bertz CT molecular complexity index is 985. The zero-order valence-corrected chi connectivity index (χ0v) is 17.4. The Morgan fingerprint density at radius 3 is 2.65 bits per heavy atom. The van der Waals surface area contributed by atoms with Gasteiger partial charge in [0.1, 0.15) is 11.9 Å². The van der Waals surface area contributed by atoms with Crippen LogP contribution < -0.4 is 10.1 Å². The number of nitrogens with one attached hydrogen (secondary N) is 1. The summed E-state index contributed by atoms with van der Waals surface area (Å²) in [5.74, 6) is -1.08. The number of ether oxygens (including phenoxy) is 2. The number of anilines is 1. The molecule has 12 heteroatoms. The van der Waals surface area contributed by atoms with Crippen molar-refractivity contribution < 1.29 is 28.8 Å². The SMILES string of the molecule is CCOC(=O)C1CCN(C(=O)Oc2ccccc2C(=O)Nc2ncc([N+](=O)[O-])s2)CC1. The number of rotatable bonds is 6. The van der Waals surface area contributed by atoms with Gasteiger partial charge in [-0.1, -0.05) is 12.1 Å². The van der Waals surface area contributed by atoms with Crippen LogP contribution >= 0.6 is 11.3 Å². The molecular formula is C19H20N4O7S. The van der Waals surface area contributed by atoms with E-state index in [-0.39, 0.29) is 33.3 Å². The Morgan fingerprint density at radius 1 is 1.29 bits per heavy atom. The van der Waals surface area contributed by atoms with Crippen molar-refractivity contribution in [1.29, 1.82) is 0 Å². The number of piperidine rings is 1. The summed E-state index contributed by atoms with van der Waals surface area (Å²) in [7, 11) is 0. The predicted octanol–water partition coefficient (Wildman–Crippen LogP) is 3.08. The van der Waals surface area contributed by atoms with Crippen LogP contribution in [-0.4, -0.2) is 52.5 Å². The van der Waals surface area contributed by atoms with Gasteiger partial charge in [-0.05, 0) is 43.2 Å². The van der Waals surface area contributed by atoms with E-state index >= 15 is 0 Å². The molecule has 0 saturated carbocycles. The fourth-order valence-electron chi connectivity index (χ4n) is 3.03. The van der Waals surface area contributed by atoms with Gasteiger partial charge in [0.05, 0.1) is 23.0 Å². The second kappa shape index (κ2) is 9.98. The lowest BCUT2D eigenvalue weighted by Gasteiger charge is -2.30. The smallest absolute Gasteiger partial charge is 0.415 e. The lowest BCUT2D eigenvalue weighted by atomic mass is 9.97. The van der Waals surface area contributed by atoms with Gasteiger partial charge in [-0.25, -0.2) is 9.78 Å². The summed E-state index contributed by atoms with van der Waals surface area (Å²) in [5.41, 5.74) is 0.0788. The molecule has 164 valence electrons. The number of thiazole rings is 1. The topological polar surface area (TPSA) is 141 Å². The number of para-hydroxylation sites is 1. The van der Waals surface area contributed by atoms with E-state index in [1.807, 2.05) is 0 Å². The van der Waals surface area contributed by atoms with Crippen molar-refractivity contribution in [3.63, 3.8) is 0 Å². The number of hydrogen-bond donors (Lipinski definition) is 1. The third-order valence-corrected chi connectivity index (χ3v) is 5.46. The highest BCUT2D eigenvalue weighted by Gasteiger charge is 2.29. The number of nitro groups is 1. The van der Waals surface area contributed by atoms with Crippen LogP contribution in [0.1, 0.15) is 30.1 Å². The van der Waals surface area contributed by atoms with Crippen molar-refractivity contribution in [2.24, 2.45) is 5.92 Å². The molecule has 3 rings (SSSR count). The number of aromatic nitrogens is 1. The second-order valence-electron chi connectivity index (χ2n) is 6.59. The molecule has 0 radical (unpaired) electrons. The molecule has 1 aromatic heterocycles. The van der Waals surface area contributed by atoms with E-state index in [9.17, 15) is 24.5 Å². The zero-order chi connectivity index (χ0) is 22.4. The zero-order valence-electron chi connectivity index (χ0n) is 16.6. The summed E-state index contributed by atoms with van der Waals surface area (Å²) in [4.78, 5) is 52.4. The van der Waals surface area contributed by atoms with E-state index in [2.05, 4.69) is 10.3 Å². The molecule has 1 fully saturated rings. The Kier molecular flexibility index (Phi) is 7.13. The Hall–Kier alpha value is -3.54. The van der Waals surface area contributed by atoms with Gasteiger partial charge in [0, 0.05) is 13.1 Å². The first-order chi connectivity index (χ1) is 14.9. The highest BCUT2D eigenvalue weighted by atomic mass is 32.1. The summed E-state index contributed by atoms with van der Waals surface area (Å²) in [6, 6.07) is 6.15. The third-order valence-electron chi connectivity index (χ3n) is 4.60. The number of carbonyl (C=O) groups is 3. The highest BCUT2D eigenvalue weighted by molar-refractivity contribution is 7.18. The lowest BCUT2D eigenvalue weighted by Crippen LogP contribution is -2.42. The van der Waals surface area contributed by atoms with E-state index in [0.29, 0.717) is 43.9 Å². The number of nitrogens with zero attached hydrogens (tertiary/aromatic N) is 3. The molecule has 2 amide bonds. The molecular weight excluding hydrogens is 428 g/mol. The molecule has 1 N–H and O–H groups in total. The van der Waals surface area contributed by atoms with Gasteiger partial charge in [-0.3, -0.25) is 25.0 Å². The minimum absolute atomic E-state index is 0.0450. The van der Waals surface area contributed by atoms with Crippen molar-refractivity contribution in [2.75, 3.05) is 25.0 Å². The van der Waals surface area contributed by atoms with Crippen LogP contribution in [0.2, 0.25) is 0 Å². The number of hydrogen-bond acceptors (Lipinski definition) is 9. The van der Waals surface area contributed by atoms with E-state index < -0.39 is 16.9 Å². The monoisotopic (exact) mass is 448 g/mol. The van der Waals surface area contributed by atoms with Crippen LogP contribution in [0, 0.1) is 16.0 Å². The molecule has 1 aromatic carbocycles. The lowest BCUT2D eigenvalue weighted by molar-refractivity contribution is -0.380. The van der Waals surface area contributed by atoms with Crippen molar-refractivity contribution in [1.82, 2.24) is 9.88 Å². The van der Waals surface area contributed by atoms with Gasteiger partial charge in [0.2, 0.25) is 0 Å². The van der Waals surface area contributed by atoms with Gasteiger partial charge in [0.25, 0.3) is 5.91 Å². The van der Waals surface area contributed by atoms with Crippen LogP contribution in [0.5, 0.6) is 5.75 Å². The molecule has 31 heavy (non-hydrogen) atoms. The van der Waals surface area contributed by atoms with Gasteiger partial charge in [-0.15, -0.1) is 0 Å². The van der Waals surface area contributed by atoms with Crippen molar-refractivity contribution in [3.05, 3.63) is 46.1 Å². The standard InChI is InChI=1S/C19H20N4O7S/c1-2-29-17(25)12-7-9-22(10-8-12)19(26)30-14-6-4-3-5-13(14)16(24)21-18-20-11-15(31-18)23(27)28/h3-6,11-12H,2,7-10H2,1H3,(H,20,21,24). The maximum atomic E-state index is 12.6. The van der Waals surface area contributed by atoms with Gasteiger partial charge >= 0.3 is 17.1 Å². The number of likely N-dealkylation sites (tertiary alicyclic amines) is 1. The molecule has 0 atom stereocenters. The molecule has 1 aliphatic rings. The van der Waals surface area contributed by atoms with Crippen LogP contribution in [-0.2, 0) is 9.53 Å². The third kappa shape index (κ3) is 5.54. The summed E-state index contributed by atoms with van der Waals surface area (Å²) in [6.45, 7) is 2.72. The van der Waals surface area contributed by atoms with E-state index in [0.717, 1.165) is 6.20 Å². The largest absolute Gasteiger partial charge is 0.466 e. The minimum atomic E-state index is -0.632. The number of carbonyl (C=O) groups excluding carboxylic acids is 3. The first kappa shape index (κ1) is 22.2. The van der Waals surface area contributed by atoms with Gasteiger partial charge in [0.15, 0.2) is 5.13 Å². The van der Waals surface area contributed by atoms with Crippen molar-refractivity contribution >= 4 is 39.4 Å². The maximum absolute atomic E-state index is 12.6. The van der Waals surface area contributed by atoms with E-state index in [1.165, 1.54) is 17.0 Å². The fourth-order valence-corrected chi connectivity index (χ4v) is 3.66. The molecule has 0 spiro atoms. The molecule has 0 unspecified atom stereocenters. The molecule has 0 bridgehead atoms. The van der Waals surface area contributed by atoms with Crippen molar-refractivity contribution in [2.45, 2.75) is 19.8 Å². The average molecular weight is 448 g/mol.